The summed E-state index contributed by atoms with van der Waals surface area (Å²) in [4.78, 5) is 11.1. The predicted octanol–water partition coefficient (Wildman–Crippen LogP) is 2.06. The Bertz CT molecular complexity index is 345. The van der Waals surface area contributed by atoms with E-state index in [0.29, 0.717) is 5.75 Å². The van der Waals surface area contributed by atoms with E-state index in [2.05, 4.69) is 4.74 Å². The smallest absolute Gasteiger partial charge is 0.309 e. The van der Waals surface area contributed by atoms with Crippen LogP contribution in [0.15, 0.2) is 18.2 Å². The van der Waals surface area contributed by atoms with E-state index in [1.807, 2.05) is 13.0 Å². The van der Waals surface area contributed by atoms with E-state index in [9.17, 15) is 9.90 Å². The molecule has 3 nitrogen and oxygen atoms in total. The standard InChI is InChI=1S/C12H16O3/c1-3-4-10-7-9(5-6-11(10)13)8-12(14)15-2/h5-7,13H,3-4,8H2,1-2H3. The molecule has 0 unspecified atom stereocenters. The van der Waals surface area contributed by atoms with Gasteiger partial charge < -0.3 is 9.84 Å². The third-order valence-corrected chi connectivity index (χ3v) is 2.24. The lowest BCUT2D eigenvalue weighted by atomic mass is 10.0. The van der Waals surface area contributed by atoms with Gasteiger partial charge in [0.15, 0.2) is 0 Å². The average molecular weight is 208 g/mol. The number of rotatable bonds is 4. The second kappa shape index (κ2) is 5.39. The number of phenolic OH excluding ortho intramolecular Hbond substituents is 1. The number of aryl methyl sites for hydroxylation is 1. The molecule has 1 N–H and O–H groups in total. The molecule has 15 heavy (non-hydrogen) atoms. The molecule has 1 aromatic rings. The fourth-order valence-corrected chi connectivity index (χ4v) is 1.46. The van der Waals surface area contributed by atoms with Crippen LogP contribution in [0.2, 0.25) is 0 Å². The molecule has 0 radical (unpaired) electrons. The molecule has 0 aliphatic rings. The molecule has 0 fully saturated rings. The van der Waals surface area contributed by atoms with E-state index in [1.165, 1.54) is 7.11 Å². The first-order valence-corrected chi connectivity index (χ1v) is 5.05. The first-order valence-electron chi connectivity index (χ1n) is 5.05. The third-order valence-electron chi connectivity index (χ3n) is 2.24. The largest absolute Gasteiger partial charge is 0.508 e. The highest BCUT2D eigenvalue weighted by Crippen LogP contribution is 2.20. The minimum Gasteiger partial charge on any atom is -0.508 e. The van der Waals surface area contributed by atoms with Gasteiger partial charge in [-0.3, -0.25) is 4.79 Å². The molecule has 0 amide bonds. The monoisotopic (exact) mass is 208 g/mol. The Morgan fingerprint density at radius 1 is 1.47 bits per heavy atom. The molecule has 0 aliphatic carbocycles. The maximum atomic E-state index is 11.1. The number of carbonyl (C=O) groups is 1. The molecule has 0 aliphatic heterocycles. The van der Waals surface area contributed by atoms with Gasteiger partial charge in [0.1, 0.15) is 5.75 Å². The summed E-state index contributed by atoms with van der Waals surface area (Å²) in [7, 11) is 1.37. The number of aromatic hydroxyl groups is 1. The summed E-state index contributed by atoms with van der Waals surface area (Å²) in [5.41, 5.74) is 1.77. The Hall–Kier alpha value is -1.51. The first-order chi connectivity index (χ1) is 7.17. The number of ether oxygens (including phenoxy) is 1. The van der Waals surface area contributed by atoms with Crippen LogP contribution in [-0.4, -0.2) is 18.2 Å². The number of carbonyl (C=O) groups excluding carboxylic acids is 1. The lowest BCUT2D eigenvalue weighted by Crippen LogP contribution is -2.04. The Morgan fingerprint density at radius 3 is 2.80 bits per heavy atom. The van der Waals surface area contributed by atoms with Crippen molar-refractivity contribution in [3.63, 3.8) is 0 Å². The molecule has 0 bridgehead atoms. The predicted molar refractivity (Wildman–Crippen MR) is 57.8 cm³/mol. The normalized spacial score (nSPS) is 10.0. The van der Waals surface area contributed by atoms with Gasteiger partial charge in [-0.15, -0.1) is 0 Å². The highest BCUT2D eigenvalue weighted by molar-refractivity contribution is 5.72. The Morgan fingerprint density at radius 2 is 2.20 bits per heavy atom. The Kier molecular flexibility index (Phi) is 4.16. The van der Waals surface area contributed by atoms with Crippen LogP contribution < -0.4 is 0 Å². The molecule has 0 saturated carbocycles. The maximum Gasteiger partial charge on any atom is 0.309 e. The summed E-state index contributed by atoms with van der Waals surface area (Å²) in [6.45, 7) is 2.05. The van der Waals surface area contributed by atoms with Gasteiger partial charge in [-0.2, -0.15) is 0 Å². The number of benzene rings is 1. The van der Waals surface area contributed by atoms with Crippen LogP contribution in [0.4, 0.5) is 0 Å². The minimum absolute atomic E-state index is 0.257. The zero-order valence-corrected chi connectivity index (χ0v) is 9.12. The van der Waals surface area contributed by atoms with Crippen LogP contribution >= 0.6 is 0 Å². The van der Waals surface area contributed by atoms with Gasteiger partial charge in [-0.05, 0) is 23.6 Å². The minimum atomic E-state index is -0.261. The number of hydrogen-bond donors (Lipinski definition) is 1. The highest BCUT2D eigenvalue weighted by atomic mass is 16.5. The fraction of sp³-hybridized carbons (Fsp3) is 0.417. The second-order valence-electron chi connectivity index (χ2n) is 3.47. The fourth-order valence-electron chi connectivity index (χ4n) is 1.46. The van der Waals surface area contributed by atoms with E-state index >= 15 is 0 Å². The van der Waals surface area contributed by atoms with Gasteiger partial charge in [-0.25, -0.2) is 0 Å². The Balaban J connectivity index is 2.82. The number of hydrogen-bond acceptors (Lipinski definition) is 3. The van der Waals surface area contributed by atoms with Crippen LogP contribution in [0.25, 0.3) is 0 Å². The van der Waals surface area contributed by atoms with Gasteiger partial charge >= 0.3 is 5.97 Å². The molecule has 3 heteroatoms. The van der Waals surface area contributed by atoms with Crippen molar-refractivity contribution in [2.24, 2.45) is 0 Å². The van der Waals surface area contributed by atoms with Crippen LogP contribution in [-0.2, 0) is 22.4 Å². The molecule has 0 heterocycles. The van der Waals surface area contributed by atoms with E-state index < -0.39 is 0 Å². The maximum absolute atomic E-state index is 11.1. The van der Waals surface area contributed by atoms with Crippen molar-refractivity contribution < 1.29 is 14.6 Å². The number of phenols is 1. The third kappa shape index (κ3) is 3.27. The second-order valence-corrected chi connectivity index (χ2v) is 3.47. The van der Waals surface area contributed by atoms with E-state index in [-0.39, 0.29) is 12.4 Å². The summed E-state index contributed by atoms with van der Waals surface area (Å²) in [6.07, 6.45) is 2.05. The highest BCUT2D eigenvalue weighted by Gasteiger charge is 2.06. The van der Waals surface area contributed by atoms with Crippen molar-refractivity contribution in [1.82, 2.24) is 0 Å². The van der Waals surface area contributed by atoms with Crippen molar-refractivity contribution in [1.29, 1.82) is 0 Å². The number of esters is 1. The topological polar surface area (TPSA) is 46.5 Å². The van der Waals surface area contributed by atoms with Crippen molar-refractivity contribution in [3.05, 3.63) is 29.3 Å². The van der Waals surface area contributed by atoms with Gasteiger partial charge in [0.2, 0.25) is 0 Å². The quantitative estimate of drug-likeness (QED) is 0.770. The van der Waals surface area contributed by atoms with Gasteiger partial charge in [0, 0.05) is 0 Å². The van der Waals surface area contributed by atoms with Crippen LogP contribution in [0, 0.1) is 0 Å². The Labute approximate surface area is 89.7 Å². The molecule has 1 rings (SSSR count). The van der Waals surface area contributed by atoms with Crippen LogP contribution in [0.3, 0.4) is 0 Å². The molecular formula is C12H16O3. The lowest BCUT2D eigenvalue weighted by Gasteiger charge is -2.06. The van der Waals surface area contributed by atoms with Crippen LogP contribution in [0.5, 0.6) is 5.75 Å². The molecule has 0 aromatic heterocycles. The summed E-state index contributed by atoms with van der Waals surface area (Å²) < 4.78 is 4.58. The molecular weight excluding hydrogens is 192 g/mol. The van der Waals surface area contributed by atoms with Crippen molar-refractivity contribution in [3.8, 4) is 5.75 Å². The zero-order valence-electron chi connectivity index (χ0n) is 9.12. The van der Waals surface area contributed by atoms with E-state index in [1.54, 1.807) is 12.1 Å². The number of methoxy groups -OCH3 is 1. The summed E-state index contributed by atoms with van der Waals surface area (Å²) in [5, 5.41) is 9.54. The van der Waals surface area contributed by atoms with Gasteiger partial charge in [0.05, 0.1) is 13.5 Å². The SMILES string of the molecule is CCCc1cc(CC(=O)OC)ccc1O. The molecule has 0 saturated heterocycles. The zero-order chi connectivity index (χ0) is 11.3. The van der Waals surface area contributed by atoms with Crippen molar-refractivity contribution >= 4 is 5.97 Å². The van der Waals surface area contributed by atoms with E-state index in [0.717, 1.165) is 24.0 Å². The molecule has 1 aromatic carbocycles. The summed E-state index contributed by atoms with van der Waals surface area (Å²) in [5.74, 6) is 0.0357. The molecule has 0 spiro atoms. The van der Waals surface area contributed by atoms with Crippen molar-refractivity contribution in [2.45, 2.75) is 26.2 Å². The summed E-state index contributed by atoms with van der Waals surface area (Å²) >= 11 is 0. The van der Waals surface area contributed by atoms with Gasteiger partial charge in [-0.1, -0.05) is 25.5 Å². The average Bonchev–Trinajstić information content (AvgIpc) is 2.23. The molecule has 0 atom stereocenters. The van der Waals surface area contributed by atoms with Crippen molar-refractivity contribution in [2.75, 3.05) is 7.11 Å². The lowest BCUT2D eigenvalue weighted by molar-refractivity contribution is -0.139. The molecule has 82 valence electrons. The summed E-state index contributed by atoms with van der Waals surface area (Å²) in [6, 6.07) is 5.23. The first kappa shape index (κ1) is 11.6. The van der Waals surface area contributed by atoms with Crippen LogP contribution in [0.1, 0.15) is 24.5 Å². The van der Waals surface area contributed by atoms with E-state index in [4.69, 9.17) is 0 Å². The van der Waals surface area contributed by atoms with Gasteiger partial charge in [0.25, 0.3) is 0 Å².